The summed E-state index contributed by atoms with van der Waals surface area (Å²) in [4.78, 5) is 36.4. The predicted octanol–water partition coefficient (Wildman–Crippen LogP) is 1.78. The first kappa shape index (κ1) is 18.3. The Morgan fingerprint density at radius 1 is 1.11 bits per heavy atom. The van der Waals surface area contributed by atoms with Crippen LogP contribution in [0.25, 0.3) is 0 Å². The van der Waals surface area contributed by atoms with E-state index in [0.717, 1.165) is 0 Å². The van der Waals surface area contributed by atoms with Gasteiger partial charge < -0.3 is 20.7 Å². The van der Waals surface area contributed by atoms with Crippen LogP contribution in [0, 0.1) is 10.1 Å². The van der Waals surface area contributed by atoms with E-state index in [1.54, 1.807) is 12.1 Å². The molecule has 0 bridgehead atoms. The van der Waals surface area contributed by atoms with Crippen molar-refractivity contribution in [2.45, 2.75) is 0 Å². The molecule has 1 saturated heterocycles. The summed E-state index contributed by atoms with van der Waals surface area (Å²) in [6, 6.07) is 10.2. The number of amides is 2. The second-order valence-corrected chi connectivity index (χ2v) is 5.95. The molecule has 2 aromatic carbocycles. The van der Waals surface area contributed by atoms with Gasteiger partial charge in [-0.15, -0.1) is 0 Å². The number of morpholine rings is 1. The molecule has 3 rings (SSSR count). The fourth-order valence-corrected chi connectivity index (χ4v) is 2.83. The first-order chi connectivity index (χ1) is 13.0. The Labute approximate surface area is 154 Å². The molecule has 0 saturated carbocycles. The number of nitro benzene ring substituents is 1. The number of primary amides is 1. The van der Waals surface area contributed by atoms with Crippen molar-refractivity contribution in [2.24, 2.45) is 5.73 Å². The fourth-order valence-electron chi connectivity index (χ4n) is 2.83. The number of nitro groups is 1. The van der Waals surface area contributed by atoms with Crippen molar-refractivity contribution in [2.75, 3.05) is 36.5 Å². The first-order valence-corrected chi connectivity index (χ1v) is 8.28. The molecular formula is C18H18N4O5. The topological polar surface area (TPSA) is 128 Å². The zero-order chi connectivity index (χ0) is 19.4. The van der Waals surface area contributed by atoms with Crippen molar-refractivity contribution in [3.05, 3.63) is 63.7 Å². The number of nitrogens with one attached hydrogen (secondary N) is 1. The summed E-state index contributed by atoms with van der Waals surface area (Å²) in [5.74, 6) is -1.04. The maximum atomic E-state index is 12.3. The zero-order valence-corrected chi connectivity index (χ0v) is 14.4. The van der Waals surface area contributed by atoms with Crippen molar-refractivity contribution in [1.29, 1.82) is 0 Å². The number of anilines is 2. The van der Waals surface area contributed by atoms with Gasteiger partial charge in [0.1, 0.15) is 0 Å². The van der Waals surface area contributed by atoms with Crippen LogP contribution in [0.2, 0.25) is 0 Å². The van der Waals surface area contributed by atoms with E-state index in [0.29, 0.717) is 43.2 Å². The molecule has 1 aliphatic rings. The van der Waals surface area contributed by atoms with Crippen LogP contribution in [0.5, 0.6) is 0 Å². The molecule has 9 heteroatoms. The van der Waals surface area contributed by atoms with Gasteiger partial charge in [0.15, 0.2) is 0 Å². The van der Waals surface area contributed by atoms with Gasteiger partial charge in [0.05, 0.1) is 23.7 Å². The largest absolute Gasteiger partial charge is 0.378 e. The standard InChI is InChI=1S/C18H18N4O5/c19-17(23)15-11-13(3-6-16(15)21-7-9-27-10-8-21)20-18(24)12-1-4-14(5-2-12)22(25)26/h1-6,11H,7-10H2,(H2,19,23)(H,20,24). The predicted molar refractivity (Wildman–Crippen MR) is 99.0 cm³/mol. The number of rotatable bonds is 5. The number of ether oxygens (including phenoxy) is 1. The number of hydrogen-bond donors (Lipinski definition) is 2. The van der Waals surface area contributed by atoms with Crippen molar-refractivity contribution in [3.63, 3.8) is 0 Å². The minimum atomic E-state index is -0.595. The molecule has 27 heavy (non-hydrogen) atoms. The van der Waals surface area contributed by atoms with E-state index >= 15 is 0 Å². The lowest BCUT2D eigenvalue weighted by atomic mass is 10.1. The zero-order valence-electron chi connectivity index (χ0n) is 14.4. The number of carbonyl (C=O) groups excluding carboxylic acids is 2. The summed E-state index contributed by atoms with van der Waals surface area (Å²) in [6.07, 6.45) is 0. The lowest BCUT2D eigenvalue weighted by Gasteiger charge is -2.30. The van der Waals surface area contributed by atoms with Crippen LogP contribution < -0.4 is 16.0 Å². The summed E-state index contributed by atoms with van der Waals surface area (Å²) in [5, 5.41) is 13.4. The number of non-ortho nitro benzene ring substituents is 1. The molecule has 3 N–H and O–H groups in total. The molecule has 2 aromatic rings. The molecule has 140 valence electrons. The van der Waals surface area contributed by atoms with Crippen LogP contribution in [-0.2, 0) is 4.74 Å². The minimum absolute atomic E-state index is 0.0996. The smallest absolute Gasteiger partial charge is 0.269 e. The highest BCUT2D eigenvalue weighted by Crippen LogP contribution is 2.25. The van der Waals surface area contributed by atoms with Crippen LogP contribution in [0.1, 0.15) is 20.7 Å². The normalized spacial score (nSPS) is 13.9. The Morgan fingerprint density at radius 3 is 2.37 bits per heavy atom. The van der Waals surface area contributed by atoms with Gasteiger partial charge in [-0.05, 0) is 30.3 Å². The Balaban J connectivity index is 1.80. The van der Waals surface area contributed by atoms with Gasteiger partial charge in [-0.1, -0.05) is 0 Å². The van der Waals surface area contributed by atoms with E-state index in [-0.39, 0.29) is 11.3 Å². The number of nitrogens with two attached hydrogens (primary N) is 1. The van der Waals surface area contributed by atoms with Crippen LogP contribution in [0.3, 0.4) is 0 Å². The summed E-state index contributed by atoms with van der Waals surface area (Å²) < 4.78 is 5.31. The molecule has 0 atom stereocenters. The maximum Gasteiger partial charge on any atom is 0.269 e. The lowest BCUT2D eigenvalue weighted by molar-refractivity contribution is -0.384. The van der Waals surface area contributed by atoms with Gasteiger partial charge in [0, 0.05) is 42.2 Å². The highest BCUT2D eigenvalue weighted by Gasteiger charge is 2.18. The molecule has 0 radical (unpaired) electrons. The Kier molecular flexibility index (Phi) is 5.32. The van der Waals surface area contributed by atoms with Crippen LogP contribution >= 0.6 is 0 Å². The minimum Gasteiger partial charge on any atom is -0.378 e. The first-order valence-electron chi connectivity index (χ1n) is 8.28. The molecule has 0 aromatic heterocycles. The SMILES string of the molecule is NC(=O)c1cc(NC(=O)c2ccc([N+](=O)[O-])cc2)ccc1N1CCOCC1. The van der Waals surface area contributed by atoms with Crippen molar-refractivity contribution in [1.82, 2.24) is 0 Å². The fraction of sp³-hybridized carbons (Fsp3) is 0.222. The second kappa shape index (κ2) is 7.83. The number of benzene rings is 2. The van der Waals surface area contributed by atoms with E-state index in [9.17, 15) is 19.7 Å². The Hall–Kier alpha value is -3.46. The summed E-state index contributed by atoms with van der Waals surface area (Å²) in [7, 11) is 0. The molecule has 2 amide bonds. The monoisotopic (exact) mass is 370 g/mol. The summed E-state index contributed by atoms with van der Waals surface area (Å²) >= 11 is 0. The lowest BCUT2D eigenvalue weighted by Crippen LogP contribution is -2.37. The van der Waals surface area contributed by atoms with Crippen LogP contribution in [0.15, 0.2) is 42.5 Å². The third-order valence-electron chi connectivity index (χ3n) is 4.21. The maximum absolute atomic E-state index is 12.3. The molecule has 1 aliphatic heterocycles. The van der Waals surface area contributed by atoms with Crippen molar-refractivity contribution >= 4 is 28.9 Å². The average Bonchev–Trinajstić information content (AvgIpc) is 2.68. The van der Waals surface area contributed by atoms with Gasteiger partial charge in [0.2, 0.25) is 0 Å². The van der Waals surface area contributed by atoms with Crippen LogP contribution in [-0.4, -0.2) is 43.0 Å². The van der Waals surface area contributed by atoms with E-state index < -0.39 is 16.7 Å². The molecule has 1 fully saturated rings. The van der Waals surface area contributed by atoms with Gasteiger partial charge in [0.25, 0.3) is 17.5 Å². The Bertz CT molecular complexity index is 876. The van der Waals surface area contributed by atoms with Gasteiger partial charge in [-0.25, -0.2) is 0 Å². The number of hydrogen-bond acceptors (Lipinski definition) is 6. The number of carbonyl (C=O) groups is 2. The molecule has 0 unspecified atom stereocenters. The van der Waals surface area contributed by atoms with E-state index in [1.165, 1.54) is 30.3 Å². The Morgan fingerprint density at radius 2 is 1.78 bits per heavy atom. The molecule has 0 spiro atoms. The summed E-state index contributed by atoms with van der Waals surface area (Å²) in [5.41, 5.74) is 7.07. The van der Waals surface area contributed by atoms with Crippen molar-refractivity contribution < 1.29 is 19.2 Å². The second-order valence-electron chi connectivity index (χ2n) is 5.95. The molecule has 1 heterocycles. The van der Waals surface area contributed by atoms with Crippen LogP contribution in [0.4, 0.5) is 17.1 Å². The quantitative estimate of drug-likeness (QED) is 0.610. The van der Waals surface area contributed by atoms with Gasteiger partial charge in [-0.2, -0.15) is 0 Å². The van der Waals surface area contributed by atoms with E-state index in [1.807, 2.05) is 4.90 Å². The average molecular weight is 370 g/mol. The highest BCUT2D eigenvalue weighted by molar-refractivity contribution is 6.06. The molecule has 0 aliphatic carbocycles. The molecule has 9 nitrogen and oxygen atoms in total. The van der Waals surface area contributed by atoms with Crippen molar-refractivity contribution in [3.8, 4) is 0 Å². The van der Waals surface area contributed by atoms with Gasteiger partial charge >= 0.3 is 0 Å². The van der Waals surface area contributed by atoms with Gasteiger partial charge in [-0.3, -0.25) is 19.7 Å². The third-order valence-corrected chi connectivity index (χ3v) is 4.21. The van der Waals surface area contributed by atoms with E-state index in [4.69, 9.17) is 10.5 Å². The summed E-state index contributed by atoms with van der Waals surface area (Å²) in [6.45, 7) is 2.43. The third kappa shape index (κ3) is 4.21. The molecular weight excluding hydrogens is 352 g/mol. The highest BCUT2D eigenvalue weighted by atomic mass is 16.6. The van der Waals surface area contributed by atoms with E-state index in [2.05, 4.69) is 5.32 Å². The number of nitrogens with zero attached hydrogens (tertiary/aromatic N) is 2.